The number of rotatable bonds is 5. The third-order valence-electron chi connectivity index (χ3n) is 2.23. The predicted octanol–water partition coefficient (Wildman–Crippen LogP) is -3.23. The van der Waals surface area contributed by atoms with E-state index in [4.69, 9.17) is 0 Å². The fraction of sp³-hybridized carbons (Fsp3) is 0.556. The van der Waals surface area contributed by atoms with Gasteiger partial charge in [0.15, 0.2) is 6.10 Å². The van der Waals surface area contributed by atoms with Crippen molar-refractivity contribution in [1.29, 1.82) is 0 Å². The van der Waals surface area contributed by atoms with E-state index in [-0.39, 0.29) is 12.8 Å². The standard InChI is InChI=1S/C9H10O7/c10-5(1-2-6(11)12)4-3-7(13)16-8(4)9(14)15/h4,8H,1-3H2,(H,11,12)(H,14,15)/p-2/t4-,8+/m1/s1. The monoisotopic (exact) mass is 228 g/mol. The molecule has 1 fully saturated rings. The van der Waals surface area contributed by atoms with E-state index < -0.39 is 42.1 Å². The number of aliphatic carboxylic acids is 2. The molecule has 0 amide bonds. The summed E-state index contributed by atoms with van der Waals surface area (Å²) in [6.07, 6.45) is -2.86. The molecule has 0 N–H and O–H groups in total. The summed E-state index contributed by atoms with van der Waals surface area (Å²) in [5.74, 6) is -5.68. The fourth-order valence-corrected chi connectivity index (χ4v) is 1.46. The van der Waals surface area contributed by atoms with E-state index in [0.29, 0.717) is 0 Å². The van der Waals surface area contributed by atoms with E-state index in [1.807, 2.05) is 0 Å². The van der Waals surface area contributed by atoms with Gasteiger partial charge in [0.25, 0.3) is 0 Å². The van der Waals surface area contributed by atoms with Crippen LogP contribution in [0.2, 0.25) is 0 Å². The summed E-state index contributed by atoms with van der Waals surface area (Å²) in [5, 5.41) is 20.6. The second kappa shape index (κ2) is 4.73. The van der Waals surface area contributed by atoms with Gasteiger partial charge in [-0.15, -0.1) is 0 Å². The molecular weight excluding hydrogens is 220 g/mol. The molecule has 1 rings (SSSR count). The molecule has 2 atom stereocenters. The number of esters is 1. The molecule has 0 aromatic rings. The molecule has 16 heavy (non-hydrogen) atoms. The highest BCUT2D eigenvalue weighted by Gasteiger charge is 2.39. The Bertz CT molecular complexity index is 346. The summed E-state index contributed by atoms with van der Waals surface area (Å²) in [6.45, 7) is 0. The second-order valence-corrected chi connectivity index (χ2v) is 3.38. The topological polar surface area (TPSA) is 124 Å². The maximum atomic E-state index is 11.4. The lowest BCUT2D eigenvalue weighted by atomic mass is 9.93. The van der Waals surface area contributed by atoms with Gasteiger partial charge in [-0.25, -0.2) is 0 Å². The van der Waals surface area contributed by atoms with Gasteiger partial charge in [-0.2, -0.15) is 0 Å². The highest BCUT2D eigenvalue weighted by atomic mass is 16.6. The molecule has 1 heterocycles. The average molecular weight is 228 g/mol. The van der Waals surface area contributed by atoms with Crippen LogP contribution in [-0.4, -0.2) is 29.8 Å². The molecule has 7 heteroatoms. The zero-order valence-electron chi connectivity index (χ0n) is 8.13. The fourth-order valence-electron chi connectivity index (χ4n) is 1.46. The van der Waals surface area contributed by atoms with Gasteiger partial charge >= 0.3 is 5.97 Å². The van der Waals surface area contributed by atoms with E-state index in [1.165, 1.54) is 0 Å². The van der Waals surface area contributed by atoms with Crippen molar-refractivity contribution in [3.8, 4) is 0 Å². The first kappa shape index (κ1) is 12.2. The third kappa shape index (κ3) is 2.78. The smallest absolute Gasteiger partial charge is 0.307 e. The minimum atomic E-state index is -1.65. The van der Waals surface area contributed by atoms with E-state index in [9.17, 15) is 29.4 Å². The van der Waals surface area contributed by atoms with Crippen molar-refractivity contribution in [3.05, 3.63) is 0 Å². The molecule has 0 aromatic heterocycles. The minimum Gasteiger partial charge on any atom is -0.550 e. The molecule has 1 aliphatic heterocycles. The van der Waals surface area contributed by atoms with Crippen LogP contribution in [-0.2, 0) is 23.9 Å². The van der Waals surface area contributed by atoms with Crippen LogP contribution in [0.3, 0.4) is 0 Å². The number of carboxylic acids is 2. The largest absolute Gasteiger partial charge is 0.550 e. The summed E-state index contributed by atoms with van der Waals surface area (Å²) in [4.78, 5) is 42.9. The quantitative estimate of drug-likeness (QED) is 0.453. The van der Waals surface area contributed by atoms with Gasteiger partial charge in [0.2, 0.25) is 0 Å². The van der Waals surface area contributed by atoms with Crippen LogP contribution in [0.15, 0.2) is 0 Å². The number of carbonyl (C=O) groups excluding carboxylic acids is 4. The Kier molecular flexibility index (Phi) is 3.60. The number of Topliss-reactive ketones (excluding diaryl/α,β-unsaturated/α-hetero) is 1. The zero-order chi connectivity index (χ0) is 12.3. The Morgan fingerprint density at radius 2 is 1.88 bits per heavy atom. The molecule has 0 bridgehead atoms. The second-order valence-electron chi connectivity index (χ2n) is 3.38. The van der Waals surface area contributed by atoms with E-state index >= 15 is 0 Å². The predicted molar refractivity (Wildman–Crippen MR) is 42.2 cm³/mol. The lowest BCUT2D eigenvalue weighted by Crippen LogP contribution is -2.41. The maximum absolute atomic E-state index is 11.4. The molecule has 1 aliphatic rings. The first-order valence-corrected chi connectivity index (χ1v) is 4.54. The van der Waals surface area contributed by atoms with Gasteiger partial charge in [0, 0.05) is 12.4 Å². The molecule has 0 spiro atoms. The van der Waals surface area contributed by atoms with Crippen molar-refractivity contribution in [2.45, 2.75) is 25.4 Å². The molecule has 0 aliphatic carbocycles. The van der Waals surface area contributed by atoms with Crippen LogP contribution in [0.5, 0.6) is 0 Å². The van der Waals surface area contributed by atoms with E-state index in [2.05, 4.69) is 4.74 Å². The van der Waals surface area contributed by atoms with Crippen LogP contribution >= 0.6 is 0 Å². The average Bonchev–Trinajstić information content (AvgIpc) is 2.56. The van der Waals surface area contributed by atoms with Gasteiger partial charge in [-0.1, -0.05) is 0 Å². The van der Waals surface area contributed by atoms with E-state index in [0.717, 1.165) is 0 Å². The normalized spacial score (nSPS) is 23.9. The zero-order valence-corrected chi connectivity index (χ0v) is 8.13. The third-order valence-corrected chi connectivity index (χ3v) is 2.23. The molecule has 0 unspecified atom stereocenters. The molecule has 0 radical (unpaired) electrons. The Balaban J connectivity index is 2.63. The summed E-state index contributed by atoms with van der Waals surface area (Å²) >= 11 is 0. The van der Waals surface area contributed by atoms with Crippen molar-refractivity contribution < 1.29 is 34.1 Å². The van der Waals surface area contributed by atoms with Crippen LogP contribution in [0.4, 0.5) is 0 Å². The van der Waals surface area contributed by atoms with Crippen LogP contribution < -0.4 is 10.2 Å². The van der Waals surface area contributed by atoms with Crippen molar-refractivity contribution >= 4 is 23.7 Å². The SMILES string of the molecule is O=C([O-])CCC(=O)[C@H]1CC(=O)O[C@@H]1C(=O)[O-]. The van der Waals surface area contributed by atoms with Crippen LogP contribution in [0.1, 0.15) is 19.3 Å². The minimum absolute atomic E-state index is 0.357. The summed E-state index contributed by atoms with van der Waals surface area (Å²) in [5.41, 5.74) is 0. The summed E-state index contributed by atoms with van der Waals surface area (Å²) in [6, 6.07) is 0. The van der Waals surface area contributed by atoms with Crippen molar-refractivity contribution in [2.75, 3.05) is 0 Å². The van der Waals surface area contributed by atoms with Gasteiger partial charge in [-0.3, -0.25) is 9.59 Å². The Labute approximate surface area is 90.0 Å². The molecule has 7 nitrogen and oxygen atoms in total. The number of ketones is 1. The number of ether oxygens (including phenoxy) is 1. The Morgan fingerprint density at radius 3 is 2.38 bits per heavy atom. The molecule has 0 saturated carbocycles. The number of hydrogen-bond acceptors (Lipinski definition) is 7. The summed E-state index contributed by atoms with van der Waals surface area (Å²) in [7, 11) is 0. The van der Waals surface area contributed by atoms with E-state index in [1.54, 1.807) is 0 Å². The lowest BCUT2D eigenvalue weighted by molar-refractivity contribution is -0.315. The maximum Gasteiger partial charge on any atom is 0.307 e. The number of carboxylic acid groups (broad SMARTS) is 2. The molecular formula is C9H8O7-2. The van der Waals surface area contributed by atoms with Crippen LogP contribution in [0.25, 0.3) is 0 Å². The highest BCUT2D eigenvalue weighted by Crippen LogP contribution is 2.24. The lowest BCUT2D eigenvalue weighted by Gasteiger charge is -2.17. The number of cyclic esters (lactones) is 1. The summed E-state index contributed by atoms with van der Waals surface area (Å²) < 4.78 is 4.38. The molecule has 1 saturated heterocycles. The van der Waals surface area contributed by atoms with Crippen molar-refractivity contribution in [1.82, 2.24) is 0 Å². The Morgan fingerprint density at radius 1 is 1.25 bits per heavy atom. The number of carbonyl (C=O) groups is 4. The van der Waals surface area contributed by atoms with Crippen molar-refractivity contribution in [3.63, 3.8) is 0 Å². The van der Waals surface area contributed by atoms with Gasteiger partial charge < -0.3 is 24.5 Å². The highest BCUT2D eigenvalue weighted by molar-refractivity contribution is 5.94. The van der Waals surface area contributed by atoms with Crippen LogP contribution in [0, 0.1) is 5.92 Å². The Hall–Kier alpha value is -1.92. The number of hydrogen-bond donors (Lipinski definition) is 0. The van der Waals surface area contributed by atoms with Gasteiger partial charge in [0.05, 0.1) is 18.3 Å². The van der Waals surface area contributed by atoms with Gasteiger partial charge in [0.1, 0.15) is 5.78 Å². The molecule has 88 valence electrons. The first-order valence-electron chi connectivity index (χ1n) is 4.54. The first-order chi connectivity index (χ1) is 7.41. The van der Waals surface area contributed by atoms with Gasteiger partial charge in [-0.05, 0) is 6.42 Å². The molecule has 0 aromatic carbocycles. The van der Waals surface area contributed by atoms with Crippen molar-refractivity contribution in [2.24, 2.45) is 5.92 Å².